The fraction of sp³-hybridized carbons (Fsp3) is 0.889. The molecule has 1 saturated carbocycles. The summed E-state index contributed by atoms with van der Waals surface area (Å²) >= 11 is 3.51. The van der Waals surface area contributed by atoms with Crippen molar-refractivity contribution in [3.05, 3.63) is 0 Å². The molecule has 1 heterocycles. The van der Waals surface area contributed by atoms with Crippen LogP contribution in [0.4, 0.5) is 0 Å². The van der Waals surface area contributed by atoms with Crippen molar-refractivity contribution in [2.45, 2.75) is 48.9 Å². The number of rotatable bonds is 0. The van der Waals surface area contributed by atoms with Gasteiger partial charge in [0, 0.05) is 0 Å². The minimum atomic E-state index is -0.481. The van der Waals surface area contributed by atoms with Crippen LogP contribution in [0, 0.1) is 0 Å². The summed E-state index contributed by atoms with van der Waals surface area (Å²) in [5, 5.41) is 10.4. The molecule has 1 aliphatic heterocycles. The Bertz CT molecular complexity index is 258. The Balaban J connectivity index is 2.32. The van der Waals surface area contributed by atoms with E-state index in [0.29, 0.717) is 0 Å². The van der Waals surface area contributed by atoms with Crippen molar-refractivity contribution in [1.82, 2.24) is 5.06 Å². The van der Waals surface area contributed by atoms with E-state index in [4.69, 9.17) is 0 Å². The van der Waals surface area contributed by atoms with E-state index in [-0.39, 0.29) is 11.4 Å². The minimum Gasteiger partial charge on any atom is -0.285 e. The molecule has 2 aliphatic rings. The first-order chi connectivity index (χ1) is 6.02. The summed E-state index contributed by atoms with van der Waals surface area (Å²) in [4.78, 5) is 11.5. The normalized spacial score (nSPS) is 45.2. The summed E-state index contributed by atoms with van der Waals surface area (Å²) in [5.41, 5.74) is -0.374. The standard InChI is InChI=1S/C9H14BrNO2/c1-8-5-3-2-4-6-9(8,10)7(12)11(8)13/h13H,2-6H2,1H3. The number of carbonyl (C=O) groups excluding carboxylic acids is 1. The number of carbonyl (C=O) groups is 1. The van der Waals surface area contributed by atoms with Crippen molar-refractivity contribution in [2.24, 2.45) is 0 Å². The van der Waals surface area contributed by atoms with Crippen molar-refractivity contribution >= 4 is 21.8 Å². The van der Waals surface area contributed by atoms with Crippen molar-refractivity contribution in [2.75, 3.05) is 0 Å². The van der Waals surface area contributed by atoms with Gasteiger partial charge in [0.1, 0.15) is 4.32 Å². The van der Waals surface area contributed by atoms with Gasteiger partial charge in [-0.3, -0.25) is 10.0 Å². The predicted octanol–water partition coefficient (Wildman–Crippen LogP) is 2.07. The van der Waals surface area contributed by atoms with Gasteiger partial charge in [-0.05, 0) is 19.8 Å². The number of alkyl halides is 1. The van der Waals surface area contributed by atoms with Gasteiger partial charge in [0.15, 0.2) is 0 Å². The average Bonchev–Trinajstić information content (AvgIpc) is 2.26. The first-order valence-corrected chi connectivity index (χ1v) is 5.54. The second kappa shape index (κ2) is 2.70. The Labute approximate surface area is 86.2 Å². The van der Waals surface area contributed by atoms with Crippen LogP contribution in [-0.2, 0) is 4.79 Å². The third kappa shape index (κ3) is 0.960. The highest BCUT2D eigenvalue weighted by atomic mass is 79.9. The Hall–Kier alpha value is -0.0900. The molecule has 4 heteroatoms. The van der Waals surface area contributed by atoms with Crippen molar-refractivity contribution in [3.8, 4) is 0 Å². The maximum atomic E-state index is 11.5. The molecule has 13 heavy (non-hydrogen) atoms. The fourth-order valence-electron chi connectivity index (χ4n) is 2.43. The molecule has 2 rings (SSSR count). The molecule has 0 aromatic carbocycles. The monoisotopic (exact) mass is 247 g/mol. The number of hydrogen-bond acceptors (Lipinski definition) is 2. The highest BCUT2D eigenvalue weighted by Crippen LogP contribution is 2.53. The summed E-state index contributed by atoms with van der Waals surface area (Å²) in [5.74, 6) is -0.170. The Morgan fingerprint density at radius 2 is 2.00 bits per heavy atom. The molecule has 1 saturated heterocycles. The van der Waals surface area contributed by atoms with Crippen LogP contribution in [0.15, 0.2) is 0 Å². The van der Waals surface area contributed by atoms with Crippen LogP contribution < -0.4 is 0 Å². The molecule has 2 unspecified atom stereocenters. The first-order valence-electron chi connectivity index (χ1n) is 4.75. The zero-order valence-electron chi connectivity index (χ0n) is 7.72. The summed E-state index contributed by atoms with van der Waals surface area (Å²) in [6.45, 7) is 1.95. The molecular formula is C9H14BrNO2. The lowest BCUT2D eigenvalue weighted by Crippen LogP contribution is -2.76. The van der Waals surface area contributed by atoms with Crippen LogP contribution in [-0.4, -0.2) is 26.0 Å². The van der Waals surface area contributed by atoms with E-state index < -0.39 is 4.32 Å². The number of nitrogens with zero attached hydrogens (tertiary/aromatic N) is 1. The van der Waals surface area contributed by atoms with E-state index in [9.17, 15) is 10.0 Å². The van der Waals surface area contributed by atoms with E-state index in [0.717, 1.165) is 37.2 Å². The maximum Gasteiger partial charge on any atom is 0.265 e. The zero-order valence-corrected chi connectivity index (χ0v) is 9.30. The van der Waals surface area contributed by atoms with Gasteiger partial charge in [-0.2, -0.15) is 0 Å². The molecule has 2 atom stereocenters. The lowest BCUT2D eigenvalue weighted by Gasteiger charge is -2.57. The number of β-lactam (4-membered cyclic amide) rings is 1. The molecule has 0 aromatic rings. The smallest absolute Gasteiger partial charge is 0.265 e. The van der Waals surface area contributed by atoms with Crippen LogP contribution in [0.1, 0.15) is 39.0 Å². The minimum absolute atomic E-state index is 0.170. The van der Waals surface area contributed by atoms with Crippen LogP contribution >= 0.6 is 15.9 Å². The summed E-state index contributed by atoms with van der Waals surface area (Å²) in [6.07, 6.45) is 5.05. The highest BCUT2D eigenvalue weighted by Gasteiger charge is 2.67. The van der Waals surface area contributed by atoms with Crippen LogP contribution in [0.3, 0.4) is 0 Å². The summed E-state index contributed by atoms with van der Waals surface area (Å²) in [6, 6.07) is 0. The van der Waals surface area contributed by atoms with Gasteiger partial charge >= 0.3 is 0 Å². The van der Waals surface area contributed by atoms with Gasteiger partial charge < -0.3 is 0 Å². The van der Waals surface area contributed by atoms with E-state index in [2.05, 4.69) is 15.9 Å². The lowest BCUT2D eigenvalue weighted by molar-refractivity contribution is -0.238. The fourth-order valence-corrected chi connectivity index (χ4v) is 3.25. The first kappa shape index (κ1) is 9.46. The molecule has 0 bridgehead atoms. The number of halogens is 1. The van der Waals surface area contributed by atoms with Gasteiger partial charge in [-0.1, -0.05) is 35.2 Å². The summed E-state index contributed by atoms with van der Waals surface area (Å²) < 4.78 is -0.481. The number of fused-ring (bicyclic) bond motifs is 1. The predicted molar refractivity (Wildman–Crippen MR) is 51.8 cm³/mol. The average molecular weight is 248 g/mol. The Morgan fingerprint density at radius 1 is 1.38 bits per heavy atom. The third-order valence-corrected chi connectivity index (χ3v) is 5.13. The molecule has 74 valence electrons. The molecular weight excluding hydrogens is 234 g/mol. The second-order valence-corrected chi connectivity index (χ2v) is 5.61. The number of hydrogen-bond donors (Lipinski definition) is 1. The highest BCUT2D eigenvalue weighted by molar-refractivity contribution is 9.10. The maximum absolute atomic E-state index is 11.5. The molecule has 3 nitrogen and oxygen atoms in total. The van der Waals surface area contributed by atoms with Crippen LogP contribution in [0.25, 0.3) is 0 Å². The molecule has 0 aromatic heterocycles. The van der Waals surface area contributed by atoms with Gasteiger partial charge in [-0.25, -0.2) is 5.06 Å². The van der Waals surface area contributed by atoms with E-state index >= 15 is 0 Å². The van der Waals surface area contributed by atoms with Crippen LogP contribution in [0.2, 0.25) is 0 Å². The van der Waals surface area contributed by atoms with Gasteiger partial charge in [-0.15, -0.1) is 0 Å². The van der Waals surface area contributed by atoms with Gasteiger partial charge in [0.2, 0.25) is 0 Å². The van der Waals surface area contributed by atoms with Crippen molar-refractivity contribution in [1.29, 1.82) is 0 Å². The Kier molecular flexibility index (Phi) is 1.97. The van der Waals surface area contributed by atoms with E-state index in [1.54, 1.807) is 0 Å². The van der Waals surface area contributed by atoms with E-state index in [1.807, 2.05) is 6.92 Å². The van der Waals surface area contributed by atoms with Gasteiger partial charge in [0.25, 0.3) is 5.91 Å². The van der Waals surface area contributed by atoms with Crippen molar-refractivity contribution in [3.63, 3.8) is 0 Å². The second-order valence-electron chi connectivity index (χ2n) is 4.25. The van der Waals surface area contributed by atoms with E-state index in [1.165, 1.54) is 0 Å². The molecule has 1 aliphatic carbocycles. The topological polar surface area (TPSA) is 40.5 Å². The molecule has 1 N–H and O–H groups in total. The van der Waals surface area contributed by atoms with Crippen molar-refractivity contribution < 1.29 is 10.0 Å². The lowest BCUT2D eigenvalue weighted by atomic mass is 9.73. The molecule has 1 amide bonds. The molecule has 2 fully saturated rings. The Morgan fingerprint density at radius 3 is 2.69 bits per heavy atom. The number of amides is 1. The summed E-state index contributed by atoms with van der Waals surface area (Å²) in [7, 11) is 0. The molecule has 0 spiro atoms. The number of hydroxylamine groups is 2. The quantitative estimate of drug-likeness (QED) is 0.405. The molecule has 0 radical (unpaired) electrons. The third-order valence-electron chi connectivity index (χ3n) is 3.54. The van der Waals surface area contributed by atoms with Gasteiger partial charge in [0.05, 0.1) is 5.54 Å². The SMILES string of the molecule is CC12CCCCCC1(Br)C(=O)N2O. The largest absolute Gasteiger partial charge is 0.285 e. The zero-order chi connectivity index (χ0) is 9.69. The van der Waals surface area contributed by atoms with Crippen LogP contribution in [0.5, 0.6) is 0 Å².